The van der Waals surface area contributed by atoms with Crippen LogP contribution >= 0.6 is 11.8 Å². The highest BCUT2D eigenvalue weighted by Gasteiger charge is 2.08. The highest BCUT2D eigenvalue weighted by molar-refractivity contribution is 6.27. The van der Waals surface area contributed by atoms with Crippen molar-refractivity contribution in [3.63, 3.8) is 0 Å². The first kappa shape index (κ1) is 14.4. The molecule has 0 bridgehead atoms. The summed E-state index contributed by atoms with van der Waals surface area (Å²) in [6.07, 6.45) is 1.38. The molecule has 22 heavy (non-hydrogen) atoms. The maximum atomic E-state index is 9.28. The van der Waals surface area contributed by atoms with Crippen LogP contribution in [0.15, 0.2) is 65.9 Å². The number of halogens is 1. The normalized spacial score (nSPS) is 11.6. The van der Waals surface area contributed by atoms with Gasteiger partial charge in [-0.25, -0.2) is 0 Å². The molecule has 0 amide bonds. The molecule has 0 spiro atoms. The van der Waals surface area contributed by atoms with Gasteiger partial charge in [-0.15, -0.1) is 0 Å². The number of fused-ring (bicyclic) bond motifs is 1. The third-order valence-electron chi connectivity index (χ3n) is 3.32. The zero-order valence-corrected chi connectivity index (χ0v) is 12.7. The molecule has 0 unspecified atom stereocenters. The fourth-order valence-corrected chi connectivity index (χ4v) is 2.47. The number of anilines is 1. The predicted molar refractivity (Wildman–Crippen MR) is 90.4 cm³/mol. The van der Waals surface area contributed by atoms with Gasteiger partial charge in [-0.2, -0.15) is 9.63 Å². The number of hydrogen-bond acceptors (Lipinski definition) is 4. The smallest absolute Gasteiger partial charge is 0.133 e. The molecule has 0 aliphatic rings. The molecule has 1 heterocycles. The summed E-state index contributed by atoms with van der Waals surface area (Å²) in [4.78, 5) is 4.12. The van der Waals surface area contributed by atoms with Crippen LogP contribution in [0.5, 0.6) is 5.75 Å². The van der Waals surface area contributed by atoms with Crippen LogP contribution in [-0.4, -0.2) is 15.8 Å². The van der Waals surface area contributed by atoms with E-state index in [-0.39, 0.29) is 5.75 Å². The summed E-state index contributed by atoms with van der Waals surface area (Å²) in [5.74, 6) is 0.119. The maximum absolute atomic E-state index is 9.28. The van der Waals surface area contributed by atoms with Gasteiger partial charge in [-0.1, -0.05) is 36.4 Å². The Labute approximate surface area is 133 Å². The summed E-state index contributed by atoms with van der Waals surface area (Å²) >= 11 is 6.33. The van der Waals surface area contributed by atoms with Crippen molar-refractivity contribution in [3.05, 3.63) is 66.5 Å². The van der Waals surface area contributed by atoms with Crippen LogP contribution in [0, 0.1) is 0 Å². The van der Waals surface area contributed by atoms with Crippen molar-refractivity contribution in [2.75, 3.05) is 4.53 Å². The van der Waals surface area contributed by atoms with Gasteiger partial charge in [-0.3, -0.25) is 4.98 Å². The minimum Gasteiger partial charge on any atom is -0.506 e. The molecule has 110 valence electrons. The molecule has 5 heteroatoms. The highest BCUT2D eigenvalue weighted by atomic mass is 35.5. The van der Waals surface area contributed by atoms with Crippen LogP contribution in [0.3, 0.4) is 0 Å². The van der Waals surface area contributed by atoms with Gasteiger partial charge in [0.05, 0.1) is 23.3 Å². The summed E-state index contributed by atoms with van der Waals surface area (Å²) in [5, 5.41) is 15.8. The van der Waals surface area contributed by atoms with Gasteiger partial charge in [0, 0.05) is 17.2 Å². The van der Waals surface area contributed by atoms with E-state index < -0.39 is 0 Å². The van der Waals surface area contributed by atoms with Crippen molar-refractivity contribution >= 4 is 33.9 Å². The summed E-state index contributed by atoms with van der Waals surface area (Å²) in [6, 6.07) is 17.1. The fourth-order valence-electron chi connectivity index (χ4n) is 2.21. The Bertz CT molecular complexity index is 825. The monoisotopic (exact) mass is 311 g/mol. The van der Waals surface area contributed by atoms with E-state index in [4.69, 9.17) is 11.8 Å². The fraction of sp³-hybridized carbons (Fsp3) is 0.0588. The van der Waals surface area contributed by atoms with E-state index >= 15 is 0 Å². The zero-order valence-electron chi connectivity index (χ0n) is 11.9. The number of aromatic nitrogens is 1. The van der Waals surface area contributed by atoms with Gasteiger partial charge in [0.2, 0.25) is 0 Å². The lowest BCUT2D eigenvalue weighted by molar-refractivity contribution is 0.472. The van der Waals surface area contributed by atoms with Crippen LogP contribution in [0.1, 0.15) is 12.6 Å². The van der Waals surface area contributed by atoms with E-state index in [1.807, 2.05) is 49.4 Å². The Balaban J connectivity index is 1.97. The molecule has 3 aromatic rings. The van der Waals surface area contributed by atoms with E-state index in [2.05, 4.69) is 10.1 Å². The number of aromatic hydroxyl groups is 1. The van der Waals surface area contributed by atoms with Crippen LogP contribution in [0.4, 0.5) is 5.69 Å². The molecule has 0 atom stereocenters. The van der Waals surface area contributed by atoms with E-state index in [0.29, 0.717) is 11.4 Å². The lowest BCUT2D eigenvalue weighted by Gasteiger charge is -2.13. The van der Waals surface area contributed by atoms with Gasteiger partial charge < -0.3 is 5.11 Å². The standard InChI is InChI=1S/C17H14ClN3O/c1-12(16-10-9-14(22)11-19-16)20-21(18)17-8-4-6-13-5-2-3-7-15(13)17/h2-11,22H,1H3. The Morgan fingerprint density at radius 2 is 1.86 bits per heavy atom. The Morgan fingerprint density at radius 1 is 1.09 bits per heavy atom. The predicted octanol–water partition coefficient (Wildman–Crippen LogP) is 4.32. The zero-order chi connectivity index (χ0) is 15.5. The molecule has 1 N–H and O–H groups in total. The van der Waals surface area contributed by atoms with Gasteiger partial charge in [0.15, 0.2) is 0 Å². The third kappa shape index (κ3) is 2.87. The highest BCUT2D eigenvalue weighted by Crippen LogP contribution is 2.28. The second-order valence-corrected chi connectivity index (χ2v) is 5.17. The topological polar surface area (TPSA) is 48.7 Å². The van der Waals surface area contributed by atoms with Crippen LogP contribution in [0.25, 0.3) is 10.8 Å². The molecule has 4 nitrogen and oxygen atoms in total. The van der Waals surface area contributed by atoms with E-state index in [1.165, 1.54) is 10.7 Å². The van der Waals surface area contributed by atoms with Gasteiger partial charge in [-0.05, 0) is 30.5 Å². The SMILES string of the molecule is CC(=NN(Cl)c1cccc2ccccc12)c1ccc(O)cn1. The molecule has 0 saturated carbocycles. The summed E-state index contributed by atoms with van der Waals surface area (Å²) in [7, 11) is 0. The van der Waals surface area contributed by atoms with Gasteiger partial charge >= 0.3 is 0 Å². The number of rotatable bonds is 3. The van der Waals surface area contributed by atoms with Crippen molar-refractivity contribution in [1.29, 1.82) is 0 Å². The van der Waals surface area contributed by atoms with E-state index in [9.17, 15) is 5.11 Å². The Hall–Kier alpha value is -2.59. The molecule has 0 fully saturated rings. The quantitative estimate of drug-likeness (QED) is 0.445. The Morgan fingerprint density at radius 3 is 2.64 bits per heavy atom. The average Bonchev–Trinajstić information content (AvgIpc) is 2.54. The van der Waals surface area contributed by atoms with E-state index in [0.717, 1.165) is 16.5 Å². The first-order chi connectivity index (χ1) is 10.6. The molecule has 3 rings (SSSR count). The number of benzene rings is 2. The van der Waals surface area contributed by atoms with Crippen molar-refractivity contribution in [1.82, 2.24) is 4.98 Å². The second kappa shape index (κ2) is 6.03. The molecule has 1 aromatic heterocycles. The molecule has 2 aromatic carbocycles. The molecule has 0 aliphatic heterocycles. The van der Waals surface area contributed by atoms with Crippen LogP contribution < -0.4 is 4.53 Å². The Kier molecular flexibility index (Phi) is 3.94. The van der Waals surface area contributed by atoms with Crippen molar-refractivity contribution in [2.45, 2.75) is 6.92 Å². The first-order valence-corrected chi connectivity index (χ1v) is 7.13. The largest absolute Gasteiger partial charge is 0.506 e. The number of pyridine rings is 1. The second-order valence-electron chi connectivity index (χ2n) is 4.85. The van der Waals surface area contributed by atoms with Crippen molar-refractivity contribution < 1.29 is 5.11 Å². The van der Waals surface area contributed by atoms with Crippen LogP contribution in [0.2, 0.25) is 0 Å². The molecular weight excluding hydrogens is 298 g/mol. The summed E-state index contributed by atoms with van der Waals surface area (Å²) in [5.41, 5.74) is 2.12. The number of hydrazone groups is 1. The lowest BCUT2D eigenvalue weighted by Crippen LogP contribution is -2.08. The lowest BCUT2D eigenvalue weighted by atomic mass is 10.1. The molecular formula is C17H14ClN3O. The minimum absolute atomic E-state index is 0.119. The van der Waals surface area contributed by atoms with Crippen molar-refractivity contribution in [3.8, 4) is 5.75 Å². The number of hydrogen-bond donors (Lipinski definition) is 1. The first-order valence-electron chi connectivity index (χ1n) is 6.79. The van der Waals surface area contributed by atoms with Gasteiger partial charge in [0.1, 0.15) is 5.75 Å². The summed E-state index contributed by atoms with van der Waals surface area (Å²) < 4.78 is 1.33. The maximum Gasteiger partial charge on any atom is 0.133 e. The van der Waals surface area contributed by atoms with Gasteiger partial charge in [0.25, 0.3) is 0 Å². The minimum atomic E-state index is 0.119. The average molecular weight is 312 g/mol. The molecule has 0 saturated heterocycles. The van der Waals surface area contributed by atoms with Crippen molar-refractivity contribution in [2.24, 2.45) is 5.10 Å². The van der Waals surface area contributed by atoms with Crippen LogP contribution in [-0.2, 0) is 0 Å². The number of nitrogens with zero attached hydrogens (tertiary/aromatic N) is 3. The van der Waals surface area contributed by atoms with E-state index in [1.54, 1.807) is 12.1 Å². The molecule has 0 aliphatic carbocycles. The third-order valence-corrected chi connectivity index (χ3v) is 3.58. The molecule has 0 radical (unpaired) electrons. The summed E-state index contributed by atoms with van der Waals surface area (Å²) in [6.45, 7) is 1.82.